The summed E-state index contributed by atoms with van der Waals surface area (Å²) in [5.74, 6) is 0.491. The number of aryl methyl sites for hydroxylation is 2. The number of nitrogens with one attached hydrogen (secondary N) is 1. The molecule has 0 amide bonds. The molecule has 1 N–H and O–H groups in total. The number of hydrogen-bond donors (Lipinski definition) is 1. The number of sulfonamides is 1. The molecule has 0 saturated carbocycles. The second-order valence-electron chi connectivity index (χ2n) is 6.30. The van der Waals surface area contributed by atoms with E-state index >= 15 is 0 Å². The van der Waals surface area contributed by atoms with Crippen molar-refractivity contribution in [3.05, 3.63) is 71.7 Å². The van der Waals surface area contributed by atoms with E-state index in [-0.39, 0.29) is 16.5 Å². The van der Waals surface area contributed by atoms with Crippen LogP contribution in [0, 0.1) is 13.8 Å². The quantitative estimate of drug-likeness (QED) is 0.571. The van der Waals surface area contributed by atoms with Crippen LogP contribution in [0.15, 0.2) is 64.1 Å². The van der Waals surface area contributed by atoms with Gasteiger partial charge in [-0.25, -0.2) is 8.42 Å². The summed E-state index contributed by atoms with van der Waals surface area (Å²) < 4.78 is 34.3. The summed E-state index contributed by atoms with van der Waals surface area (Å²) in [6, 6.07) is 15.9. The van der Waals surface area contributed by atoms with Crippen molar-refractivity contribution in [2.45, 2.75) is 25.3 Å². The summed E-state index contributed by atoms with van der Waals surface area (Å²) in [7, 11) is -3.81. The van der Waals surface area contributed by atoms with Crippen molar-refractivity contribution in [3.8, 4) is 0 Å². The first-order chi connectivity index (χ1) is 12.9. The molecule has 27 heavy (non-hydrogen) atoms. The molecule has 8 heteroatoms. The lowest BCUT2D eigenvalue weighted by Crippen LogP contribution is -2.15. The molecule has 0 bridgehead atoms. The normalized spacial score (nSPS) is 11.8. The van der Waals surface area contributed by atoms with Crippen LogP contribution in [0.1, 0.15) is 17.0 Å². The van der Waals surface area contributed by atoms with Crippen LogP contribution in [0.4, 0.5) is 5.82 Å². The Morgan fingerprint density at radius 3 is 2.63 bits per heavy atom. The van der Waals surface area contributed by atoms with Gasteiger partial charge in [0.2, 0.25) is 0 Å². The lowest BCUT2D eigenvalue weighted by Gasteiger charge is -2.07. The maximum atomic E-state index is 12.6. The van der Waals surface area contributed by atoms with Gasteiger partial charge >= 0.3 is 0 Å². The number of hydrogen-bond acceptors (Lipinski definition) is 5. The Morgan fingerprint density at radius 1 is 1.07 bits per heavy atom. The molecule has 4 aromatic rings. The van der Waals surface area contributed by atoms with Crippen molar-refractivity contribution in [2.75, 3.05) is 4.72 Å². The van der Waals surface area contributed by atoms with Gasteiger partial charge in [0.1, 0.15) is 5.69 Å². The van der Waals surface area contributed by atoms with Crippen LogP contribution in [-0.2, 0) is 16.6 Å². The van der Waals surface area contributed by atoms with Crippen LogP contribution in [0.3, 0.4) is 0 Å². The highest BCUT2D eigenvalue weighted by Crippen LogP contribution is 2.22. The summed E-state index contributed by atoms with van der Waals surface area (Å²) in [4.78, 5) is 0.0473. The largest absolute Gasteiger partial charge is 0.360 e. The fourth-order valence-corrected chi connectivity index (χ4v) is 4.48. The minimum absolute atomic E-state index is 0.0473. The van der Waals surface area contributed by atoms with Crippen molar-refractivity contribution < 1.29 is 12.9 Å². The molecular formula is C19H18N4O3S. The number of nitrogens with zero attached hydrogens (tertiary/aromatic N) is 3. The second kappa shape index (κ2) is 6.55. The summed E-state index contributed by atoms with van der Waals surface area (Å²) >= 11 is 0. The van der Waals surface area contributed by atoms with Gasteiger partial charge in [-0.2, -0.15) is 5.10 Å². The predicted octanol–water partition coefficient (Wildman–Crippen LogP) is 3.49. The van der Waals surface area contributed by atoms with Gasteiger partial charge in [-0.3, -0.25) is 9.40 Å². The molecule has 7 nitrogen and oxygen atoms in total. The summed E-state index contributed by atoms with van der Waals surface area (Å²) in [6.07, 6.45) is 1.74. The number of aromatic nitrogens is 3. The molecule has 0 unspecified atom stereocenters. The third-order valence-electron chi connectivity index (χ3n) is 4.33. The van der Waals surface area contributed by atoms with Gasteiger partial charge in [-0.05, 0) is 30.2 Å². The van der Waals surface area contributed by atoms with E-state index < -0.39 is 10.0 Å². The second-order valence-corrected chi connectivity index (χ2v) is 7.91. The molecule has 2 aromatic heterocycles. The summed E-state index contributed by atoms with van der Waals surface area (Å²) in [5, 5.41) is 10.3. The van der Waals surface area contributed by atoms with Gasteiger partial charge < -0.3 is 4.52 Å². The molecule has 0 fully saturated rings. The van der Waals surface area contributed by atoms with E-state index in [0.717, 1.165) is 16.3 Å². The van der Waals surface area contributed by atoms with Gasteiger partial charge in [0.25, 0.3) is 10.0 Å². The number of benzene rings is 2. The third-order valence-corrected chi connectivity index (χ3v) is 5.93. The number of fused-ring (bicyclic) bond motifs is 1. The van der Waals surface area contributed by atoms with E-state index in [4.69, 9.17) is 4.52 Å². The standard InChI is InChI=1S/C19H18N4O3S/c1-13-19(14(2)26-21-13)27(24,25)22-18-10-11-23(20-18)12-16-8-5-7-15-6-3-4-9-17(15)16/h3-11H,12H2,1-2H3,(H,20,22). The van der Waals surface area contributed by atoms with E-state index in [0.29, 0.717) is 12.2 Å². The van der Waals surface area contributed by atoms with Crippen molar-refractivity contribution >= 4 is 26.6 Å². The molecule has 2 heterocycles. The van der Waals surface area contributed by atoms with Crippen LogP contribution in [0.5, 0.6) is 0 Å². The van der Waals surface area contributed by atoms with E-state index in [2.05, 4.69) is 33.2 Å². The van der Waals surface area contributed by atoms with Gasteiger partial charge in [0.15, 0.2) is 16.5 Å². The van der Waals surface area contributed by atoms with Crippen LogP contribution < -0.4 is 4.72 Å². The zero-order chi connectivity index (χ0) is 19.0. The first-order valence-electron chi connectivity index (χ1n) is 8.40. The average Bonchev–Trinajstić information content (AvgIpc) is 3.21. The van der Waals surface area contributed by atoms with Crippen LogP contribution >= 0.6 is 0 Å². The molecule has 0 saturated heterocycles. The third kappa shape index (κ3) is 3.31. The van der Waals surface area contributed by atoms with Crippen LogP contribution in [-0.4, -0.2) is 23.4 Å². The molecule has 0 spiro atoms. The molecule has 0 aliphatic heterocycles. The van der Waals surface area contributed by atoms with Crippen molar-refractivity contribution in [1.29, 1.82) is 0 Å². The minimum Gasteiger partial charge on any atom is -0.360 e. The lowest BCUT2D eigenvalue weighted by atomic mass is 10.0. The van der Waals surface area contributed by atoms with E-state index in [1.807, 2.05) is 24.3 Å². The van der Waals surface area contributed by atoms with Gasteiger partial charge in [-0.1, -0.05) is 47.6 Å². The highest BCUT2D eigenvalue weighted by atomic mass is 32.2. The zero-order valence-electron chi connectivity index (χ0n) is 14.9. The van der Waals surface area contributed by atoms with Gasteiger partial charge in [-0.15, -0.1) is 0 Å². The number of rotatable bonds is 5. The molecule has 4 rings (SSSR count). The fourth-order valence-electron chi connectivity index (χ4n) is 3.16. The zero-order valence-corrected chi connectivity index (χ0v) is 15.7. The Morgan fingerprint density at radius 2 is 1.85 bits per heavy atom. The molecule has 0 atom stereocenters. The highest BCUT2D eigenvalue weighted by molar-refractivity contribution is 7.92. The van der Waals surface area contributed by atoms with Gasteiger partial charge in [0, 0.05) is 12.3 Å². The Bertz CT molecular complexity index is 1200. The molecule has 138 valence electrons. The topological polar surface area (TPSA) is 90.0 Å². The molecule has 0 aliphatic carbocycles. The first-order valence-corrected chi connectivity index (χ1v) is 9.88. The van der Waals surface area contributed by atoms with Gasteiger partial charge in [0.05, 0.1) is 6.54 Å². The Labute approximate surface area is 156 Å². The molecule has 0 radical (unpaired) electrons. The highest BCUT2D eigenvalue weighted by Gasteiger charge is 2.25. The van der Waals surface area contributed by atoms with E-state index in [1.54, 1.807) is 30.8 Å². The summed E-state index contributed by atoms with van der Waals surface area (Å²) in [5.41, 5.74) is 1.42. The minimum atomic E-state index is -3.81. The Balaban J connectivity index is 1.59. The van der Waals surface area contributed by atoms with Crippen molar-refractivity contribution in [3.63, 3.8) is 0 Å². The maximum Gasteiger partial charge on any atom is 0.268 e. The molecule has 2 aromatic carbocycles. The first kappa shape index (κ1) is 17.3. The molecule has 0 aliphatic rings. The average molecular weight is 382 g/mol. The lowest BCUT2D eigenvalue weighted by molar-refractivity contribution is 0.390. The predicted molar refractivity (Wildman–Crippen MR) is 102 cm³/mol. The van der Waals surface area contributed by atoms with E-state index in [9.17, 15) is 8.42 Å². The smallest absolute Gasteiger partial charge is 0.268 e. The SMILES string of the molecule is Cc1noc(C)c1S(=O)(=O)Nc1ccn(Cc2cccc3ccccc23)n1. The van der Waals surface area contributed by atoms with Crippen LogP contribution in [0.25, 0.3) is 10.8 Å². The fraction of sp³-hybridized carbons (Fsp3) is 0.158. The Kier molecular flexibility index (Phi) is 4.19. The summed E-state index contributed by atoms with van der Waals surface area (Å²) in [6.45, 7) is 3.69. The van der Waals surface area contributed by atoms with E-state index in [1.165, 1.54) is 0 Å². The molecular weight excluding hydrogens is 364 g/mol. The number of anilines is 1. The van der Waals surface area contributed by atoms with Crippen molar-refractivity contribution in [2.24, 2.45) is 0 Å². The van der Waals surface area contributed by atoms with Crippen LogP contribution in [0.2, 0.25) is 0 Å². The Hall–Kier alpha value is -3.13. The monoisotopic (exact) mass is 382 g/mol. The van der Waals surface area contributed by atoms with Crippen molar-refractivity contribution in [1.82, 2.24) is 14.9 Å². The maximum absolute atomic E-state index is 12.6.